The largest absolute Gasteiger partial charge is 0.360 e. The topological polar surface area (TPSA) is 26.3 Å². The third kappa shape index (κ3) is 8.28. The SMILES string of the molecule is C=CC/C(=C\[Si](C)(C)C)C(OC(C)(C)C)C(=O)/C=C/C. The number of carbonyl (C=O) groups excluding carboxylic acids is 1. The van der Waals surface area contributed by atoms with Crippen LogP contribution in [-0.2, 0) is 9.53 Å². The van der Waals surface area contributed by atoms with E-state index in [-0.39, 0.29) is 11.4 Å². The van der Waals surface area contributed by atoms with Crippen LogP contribution in [0.15, 0.2) is 36.1 Å². The number of hydrogen-bond acceptors (Lipinski definition) is 2. The zero-order valence-electron chi connectivity index (χ0n) is 14.1. The van der Waals surface area contributed by atoms with Gasteiger partial charge < -0.3 is 4.74 Å². The van der Waals surface area contributed by atoms with Crippen LogP contribution in [0.4, 0.5) is 0 Å². The van der Waals surface area contributed by atoms with Gasteiger partial charge in [-0.3, -0.25) is 4.79 Å². The molecule has 0 spiro atoms. The Morgan fingerprint density at radius 2 is 1.85 bits per heavy atom. The first-order valence-electron chi connectivity index (χ1n) is 7.17. The summed E-state index contributed by atoms with van der Waals surface area (Å²) in [6.07, 6.45) is 5.39. The minimum atomic E-state index is -1.43. The molecule has 0 aromatic carbocycles. The highest BCUT2D eigenvalue weighted by Crippen LogP contribution is 2.23. The molecule has 0 amide bonds. The van der Waals surface area contributed by atoms with Crippen LogP contribution in [0.2, 0.25) is 19.6 Å². The average Bonchev–Trinajstić information content (AvgIpc) is 2.22. The molecule has 0 N–H and O–H groups in total. The predicted molar refractivity (Wildman–Crippen MR) is 90.7 cm³/mol. The van der Waals surface area contributed by atoms with E-state index in [4.69, 9.17) is 4.74 Å². The maximum absolute atomic E-state index is 12.4. The molecule has 0 rings (SSSR count). The Hall–Kier alpha value is -0.933. The normalized spacial score (nSPS) is 15.4. The van der Waals surface area contributed by atoms with E-state index in [1.807, 2.05) is 33.8 Å². The lowest BCUT2D eigenvalue weighted by molar-refractivity contribution is -0.131. The molecular formula is C17H30O2Si. The second kappa shape index (κ2) is 7.74. The molecule has 114 valence electrons. The molecule has 0 saturated carbocycles. The molecule has 0 heterocycles. The third-order valence-electron chi connectivity index (χ3n) is 2.40. The van der Waals surface area contributed by atoms with Gasteiger partial charge in [0.1, 0.15) is 6.10 Å². The van der Waals surface area contributed by atoms with Crippen LogP contribution in [0.25, 0.3) is 0 Å². The summed E-state index contributed by atoms with van der Waals surface area (Å²) in [6.45, 7) is 18.3. The van der Waals surface area contributed by atoms with Gasteiger partial charge in [-0.25, -0.2) is 0 Å². The summed E-state index contributed by atoms with van der Waals surface area (Å²) in [4.78, 5) is 12.4. The van der Waals surface area contributed by atoms with Crippen molar-refractivity contribution >= 4 is 13.9 Å². The predicted octanol–water partition coefficient (Wildman–Crippen LogP) is 4.70. The van der Waals surface area contributed by atoms with Gasteiger partial charge >= 0.3 is 0 Å². The first-order chi connectivity index (χ1) is 9.00. The standard InChI is InChI=1S/C17H30O2Si/c1-9-11-14(13-20(6,7)8)16(15(18)12-10-2)19-17(3,4)5/h9-10,12-13,16H,1,11H2,2-8H3/b12-10+,14-13+. The second-order valence-corrected chi connectivity index (χ2v) is 12.1. The molecule has 0 aliphatic carbocycles. The minimum Gasteiger partial charge on any atom is -0.360 e. The lowest BCUT2D eigenvalue weighted by Gasteiger charge is -2.29. The van der Waals surface area contributed by atoms with Crippen molar-refractivity contribution in [1.29, 1.82) is 0 Å². The molecule has 0 aromatic rings. The molecule has 2 nitrogen and oxygen atoms in total. The summed E-state index contributed by atoms with van der Waals surface area (Å²) in [5.41, 5.74) is 2.94. The van der Waals surface area contributed by atoms with Crippen molar-refractivity contribution in [3.63, 3.8) is 0 Å². The van der Waals surface area contributed by atoms with E-state index in [0.717, 1.165) is 5.57 Å². The van der Waals surface area contributed by atoms with E-state index in [1.165, 1.54) is 0 Å². The van der Waals surface area contributed by atoms with Crippen LogP contribution in [0.5, 0.6) is 0 Å². The van der Waals surface area contributed by atoms with Crippen LogP contribution >= 0.6 is 0 Å². The number of allylic oxidation sites excluding steroid dienone is 2. The fraction of sp³-hybridized carbons (Fsp3) is 0.588. The Morgan fingerprint density at radius 1 is 1.30 bits per heavy atom. The molecule has 20 heavy (non-hydrogen) atoms. The van der Waals surface area contributed by atoms with Gasteiger partial charge in [-0.2, -0.15) is 0 Å². The average molecular weight is 295 g/mol. The highest BCUT2D eigenvalue weighted by atomic mass is 28.3. The number of carbonyl (C=O) groups is 1. The summed E-state index contributed by atoms with van der Waals surface area (Å²) in [6, 6.07) is 0. The van der Waals surface area contributed by atoms with E-state index < -0.39 is 14.2 Å². The molecule has 0 radical (unpaired) electrons. The number of rotatable bonds is 7. The molecule has 1 unspecified atom stereocenters. The molecule has 0 aliphatic rings. The number of ketones is 1. The van der Waals surface area contributed by atoms with Crippen molar-refractivity contribution in [2.45, 2.75) is 65.5 Å². The molecule has 0 aromatic heterocycles. The monoisotopic (exact) mass is 294 g/mol. The van der Waals surface area contributed by atoms with Crippen molar-refractivity contribution in [2.24, 2.45) is 0 Å². The Kier molecular flexibility index (Phi) is 7.38. The molecule has 0 aliphatic heterocycles. The molecule has 0 fully saturated rings. The Balaban J connectivity index is 5.58. The fourth-order valence-corrected chi connectivity index (χ4v) is 3.27. The zero-order chi connectivity index (χ0) is 16.0. The minimum absolute atomic E-state index is 0.00813. The Morgan fingerprint density at radius 3 is 2.20 bits per heavy atom. The lowest BCUT2D eigenvalue weighted by atomic mass is 10.0. The maximum Gasteiger partial charge on any atom is 0.188 e. The first-order valence-corrected chi connectivity index (χ1v) is 10.7. The van der Waals surface area contributed by atoms with Gasteiger partial charge in [-0.05, 0) is 45.8 Å². The molecule has 0 saturated heterocycles. The van der Waals surface area contributed by atoms with Crippen LogP contribution in [0.3, 0.4) is 0 Å². The quantitative estimate of drug-likeness (QED) is 0.386. The summed E-state index contributed by atoms with van der Waals surface area (Å²) >= 11 is 0. The summed E-state index contributed by atoms with van der Waals surface area (Å²) in [5.74, 6) is 0.00813. The third-order valence-corrected chi connectivity index (χ3v) is 3.63. The van der Waals surface area contributed by atoms with Gasteiger partial charge in [-0.15, -0.1) is 6.58 Å². The summed E-state index contributed by atoms with van der Waals surface area (Å²) < 4.78 is 6.02. The second-order valence-electron chi connectivity index (χ2n) is 7.09. The van der Waals surface area contributed by atoms with E-state index in [2.05, 4.69) is 31.9 Å². The fourth-order valence-electron chi connectivity index (χ4n) is 1.89. The van der Waals surface area contributed by atoms with Crippen molar-refractivity contribution in [3.8, 4) is 0 Å². The number of ether oxygens (including phenoxy) is 1. The van der Waals surface area contributed by atoms with Gasteiger partial charge in [-0.1, -0.05) is 37.5 Å². The van der Waals surface area contributed by atoms with Crippen molar-refractivity contribution in [2.75, 3.05) is 0 Å². The molecule has 1 atom stereocenters. The van der Waals surface area contributed by atoms with Crippen molar-refractivity contribution < 1.29 is 9.53 Å². The zero-order valence-corrected chi connectivity index (χ0v) is 15.1. The highest BCUT2D eigenvalue weighted by Gasteiger charge is 2.27. The number of hydrogen-bond donors (Lipinski definition) is 0. The van der Waals surface area contributed by atoms with Gasteiger partial charge in [0, 0.05) is 0 Å². The molecule has 0 bridgehead atoms. The van der Waals surface area contributed by atoms with E-state index in [1.54, 1.807) is 12.2 Å². The van der Waals surface area contributed by atoms with Crippen LogP contribution in [0, 0.1) is 0 Å². The first kappa shape index (κ1) is 19.1. The molecule has 3 heteroatoms. The van der Waals surface area contributed by atoms with Crippen LogP contribution in [0.1, 0.15) is 34.1 Å². The van der Waals surface area contributed by atoms with Gasteiger partial charge in [0.25, 0.3) is 0 Å². The van der Waals surface area contributed by atoms with E-state index in [0.29, 0.717) is 6.42 Å². The Bertz CT molecular complexity index is 392. The van der Waals surface area contributed by atoms with E-state index >= 15 is 0 Å². The summed E-state index contributed by atoms with van der Waals surface area (Å²) in [7, 11) is -1.43. The summed E-state index contributed by atoms with van der Waals surface area (Å²) in [5, 5.41) is 0. The van der Waals surface area contributed by atoms with Gasteiger partial charge in [0.15, 0.2) is 5.78 Å². The molecular weight excluding hydrogens is 264 g/mol. The smallest absolute Gasteiger partial charge is 0.188 e. The van der Waals surface area contributed by atoms with E-state index in [9.17, 15) is 4.79 Å². The van der Waals surface area contributed by atoms with Gasteiger partial charge in [0.05, 0.1) is 13.7 Å². The van der Waals surface area contributed by atoms with Gasteiger partial charge in [0.2, 0.25) is 0 Å². The van der Waals surface area contributed by atoms with Crippen molar-refractivity contribution in [3.05, 3.63) is 36.1 Å². The van der Waals surface area contributed by atoms with Crippen LogP contribution < -0.4 is 0 Å². The highest BCUT2D eigenvalue weighted by molar-refractivity contribution is 6.81. The lowest BCUT2D eigenvalue weighted by Crippen LogP contribution is -2.35. The Labute approximate surface area is 125 Å². The van der Waals surface area contributed by atoms with Crippen molar-refractivity contribution in [1.82, 2.24) is 0 Å². The maximum atomic E-state index is 12.4. The van der Waals surface area contributed by atoms with Crippen LogP contribution in [-0.4, -0.2) is 25.6 Å².